The molecule has 0 spiro atoms. The molecule has 2 bridgehead atoms. The van der Waals surface area contributed by atoms with Crippen LogP contribution in [0, 0.1) is 35.0 Å². The molecular formula is C32H30. The first kappa shape index (κ1) is 17.9. The van der Waals surface area contributed by atoms with E-state index >= 15 is 0 Å². The van der Waals surface area contributed by atoms with Crippen LogP contribution in [0.15, 0.2) is 103 Å². The largest absolute Gasteiger partial charge is 0.0845 e. The average Bonchev–Trinajstić information content (AvgIpc) is 3.80. The normalized spacial score (nSPS) is 44.3. The molecule has 4 fully saturated rings. The van der Waals surface area contributed by atoms with Crippen molar-refractivity contribution >= 4 is 0 Å². The molecule has 0 amide bonds. The molecule has 0 nitrogen and oxygen atoms in total. The lowest BCUT2D eigenvalue weighted by Gasteiger charge is -2.28. The molecule has 0 aliphatic heterocycles. The van der Waals surface area contributed by atoms with E-state index in [1.54, 1.807) is 16.7 Å². The zero-order chi connectivity index (χ0) is 20.9. The van der Waals surface area contributed by atoms with Gasteiger partial charge in [-0.15, -0.1) is 0 Å². The van der Waals surface area contributed by atoms with Gasteiger partial charge in [0, 0.05) is 5.41 Å². The van der Waals surface area contributed by atoms with Crippen LogP contribution < -0.4 is 0 Å². The second kappa shape index (κ2) is 6.04. The van der Waals surface area contributed by atoms with Gasteiger partial charge < -0.3 is 0 Å². The van der Waals surface area contributed by atoms with Crippen LogP contribution in [0.25, 0.3) is 0 Å². The maximum absolute atomic E-state index is 2.64. The lowest BCUT2D eigenvalue weighted by molar-refractivity contribution is 0.282. The molecule has 3 aromatic rings. The Balaban J connectivity index is 1.25. The number of rotatable bonds is 5. The van der Waals surface area contributed by atoms with E-state index in [2.05, 4.69) is 103 Å². The molecule has 0 radical (unpaired) electrons. The number of hydrogen-bond acceptors (Lipinski definition) is 0. The van der Waals surface area contributed by atoms with E-state index in [1.807, 2.05) is 0 Å². The van der Waals surface area contributed by atoms with E-state index < -0.39 is 0 Å². The second-order valence-corrected chi connectivity index (χ2v) is 11.3. The van der Waals surface area contributed by atoms with Gasteiger partial charge in [-0.3, -0.25) is 0 Å². The number of fused-ring (bicyclic) bond motifs is 5. The maximum atomic E-state index is 2.64. The Kier molecular flexibility index (Phi) is 3.38. The van der Waals surface area contributed by atoms with Crippen LogP contribution in [0.2, 0.25) is 0 Å². The van der Waals surface area contributed by atoms with Gasteiger partial charge in [-0.2, -0.15) is 0 Å². The summed E-state index contributed by atoms with van der Waals surface area (Å²) in [4.78, 5) is 0. The first-order chi connectivity index (χ1) is 15.9. The molecule has 0 heterocycles. The van der Waals surface area contributed by atoms with Crippen LogP contribution in [0.3, 0.4) is 0 Å². The lowest BCUT2D eigenvalue weighted by Crippen LogP contribution is -2.25. The first-order valence-corrected chi connectivity index (χ1v) is 12.7. The van der Waals surface area contributed by atoms with Crippen molar-refractivity contribution in [2.75, 3.05) is 0 Å². The Morgan fingerprint density at radius 3 is 1.84 bits per heavy atom. The minimum absolute atomic E-state index is 0.385. The van der Waals surface area contributed by atoms with Crippen molar-refractivity contribution in [2.24, 2.45) is 35.0 Å². The van der Waals surface area contributed by atoms with Crippen LogP contribution in [0.5, 0.6) is 0 Å². The van der Waals surface area contributed by atoms with Gasteiger partial charge in [0.1, 0.15) is 0 Å². The summed E-state index contributed by atoms with van der Waals surface area (Å²) < 4.78 is 0. The second-order valence-electron chi connectivity index (χ2n) is 11.3. The van der Waals surface area contributed by atoms with E-state index in [0.29, 0.717) is 10.8 Å². The molecule has 9 atom stereocenters. The molecule has 0 aromatic heterocycles. The topological polar surface area (TPSA) is 0 Å². The van der Waals surface area contributed by atoms with Crippen molar-refractivity contribution < 1.29 is 0 Å². The Bertz CT molecular complexity index is 1190. The number of benzene rings is 3. The van der Waals surface area contributed by atoms with Gasteiger partial charge in [0.05, 0.1) is 0 Å². The van der Waals surface area contributed by atoms with Crippen LogP contribution in [-0.2, 0) is 5.41 Å². The van der Waals surface area contributed by atoms with Gasteiger partial charge >= 0.3 is 0 Å². The van der Waals surface area contributed by atoms with E-state index in [4.69, 9.17) is 0 Å². The summed E-state index contributed by atoms with van der Waals surface area (Å²) in [7, 11) is 0. The highest BCUT2D eigenvalue weighted by molar-refractivity contribution is 5.56. The smallest absolute Gasteiger partial charge is 0.0121 e. The Hall–Kier alpha value is -2.60. The van der Waals surface area contributed by atoms with Crippen molar-refractivity contribution in [3.05, 3.63) is 120 Å². The fourth-order valence-electron chi connectivity index (χ4n) is 9.37. The quantitative estimate of drug-likeness (QED) is 0.383. The Morgan fingerprint density at radius 2 is 1.16 bits per heavy atom. The van der Waals surface area contributed by atoms with Gasteiger partial charge in [0.15, 0.2) is 0 Å². The molecule has 0 saturated heterocycles. The maximum Gasteiger partial charge on any atom is 0.0121 e. The van der Waals surface area contributed by atoms with Crippen molar-refractivity contribution in [1.29, 1.82) is 0 Å². The third-order valence-electron chi connectivity index (χ3n) is 10.3. The average molecular weight is 415 g/mol. The van der Waals surface area contributed by atoms with E-state index in [1.165, 1.54) is 19.3 Å². The van der Waals surface area contributed by atoms with Gasteiger partial charge in [0.25, 0.3) is 0 Å². The van der Waals surface area contributed by atoms with Crippen LogP contribution in [-0.4, -0.2) is 0 Å². The van der Waals surface area contributed by atoms with Crippen LogP contribution >= 0.6 is 0 Å². The van der Waals surface area contributed by atoms with Crippen molar-refractivity contribution in [3.8, 4) is 0 Å². The zero-order valence-corrected chi connectivity index (χ0v) is 18.5. The van der Waals surface area contributed by atoms with Gasteiger partial charge in [-0.1, -0.05) is 103 Å². The highest BCUT2D eigenvalue weighted by Crippen LogP contribution is 2.94. The number of hydrogen-bond donors (Lipinski definition) is 0. The Labute approximate surface area is 191 Å². The van der Waals surface area contributed by atoms with Gasteiger partial charge in [-0.05, 0) is 82.8 Å². The summed E-state index contributed by atoms with van der Waals surface area (Å²) in [5.74, 6) is 5.64. The van der Waals surface area contributed by atoms with E-state index in [0.717, 1.165) is 41.4 Å². The molecule has 158 valence electrons. The molecule has 0 heteroatoms. The molecule has 5 aliphatic rings. The summed E-state index contributed by atoms with van der Waals surface area (Å²) in [6.45, 7) is 0. The highest BCUT2D eigenvalue weighted by atomic mass is 14.9. The molecule has 3 aromatic carbocycles. The van der Waals surface area contributed by atoms with Crippen LogP contribution in [0.1, 0.15) is 47.8 Å². The van der Waals surface area contributed by atoms with E-state index in [-0.39, 0.29) is 0 Å². The monoisotopic (exact) mass is 414 g/mol. The summed E-state index contributed by atoms with van der Waals surface area (Å²) in [6, 6.07) is 34.6. The molecule has 0 unspecified atom stereocenters. The van der Waals surface area contributed by atoms with Crippen molar-refractivity contribution in [2.45, 2.75) is 36.5 Å². The van der Waals surface area contributed by atoms with Gasteiger partial charge in [-0.25, -0.2) is 0 Å². The Morgan fingerprint density at radius 1 is 0.562 bits per heavy atom. The summed E-state index contributed by atoms with van der Waals surface area (Å²) in [5.41, 5.74) is 5.69. The number of allylic oxidation sites excluding steroid dienone is 2. The zero-order valence-electron chi connectivity index (χ0n) is 18.5. The predicted molar refractivity (Wildman–Crippen MR) is 129 cm³/mol. The fourth-order valence-corrected chi connectivity index (χ4v) is 9.37. The highest BCUT2D eigenvalue weighted by Gasteiger charge is 2.91. The predicted octanol–water partition coefficient (Wildman–Crippen LogP) is 7.35. The molecule has 8 rings (SSSR count). The molecule has 5 aliphatic carbocycles. The van der Waals surface area contributed by atoms with Crippen molar-refractivity contribution in [3.63, 3.8) is 0 Å². The van der Waals surface area contributed by atoms with E-state index in [9.17, 15) is 0 Å². The minimum atomic E-state index is 0.385. The summed E-state index contributed by atoms with van der Waals surface area (Å²) in [5, 5.41) is 0. The molecule has 4 saturated carbocycles. The molecule has 0 N–H and O–H groups in total. The summed E-state index contributed by atoms with van der Waals surface area (Å²) >= 11 is 0. The summed E-state index contributed by atoms with van der Waals surface area (Å²) in [6.07, 6.45) is 9.45. The van der Waals surface area contributed by atoms with Gasteiger partial charge in [0.2, 0.25) is 0 Å². The molecular weight excluding hydrogens is 384 g/mol. The van der Waals surface area contributed by atoms with Crippen molar-refractivity contribution in [1.82, 2.24) is 0 Å². The lowest BCUT2D eigenvalue weighted by atomic mass is 9.75. The first-order valence-electron chi connectivity index (χ1n) is 12.7. The SMILES string of the molecule is C1=C[C@H]2C[C@@H]1[C@@]1(c3ccccc3)[C@H]([C@@H]3C[C@H]3c3ccccc3)[C@@]21[C@@H]1C[C@H]1c1ccccc1. The third-order valence-corrected chi connectivity index (χ3v) is 10.3. The standard InChI is InChI=1S/C32H30/c1-4-10-21(11-5-1)26-19-28(26)30-31(23-14-8-3-9-15-23)24-16-17-25(18-24)32(30,31)29-20-27(29)22-12-6-2-7-13-22/h1-17,24-30H,18-20H2/t24-,25+,26+,27+,28-,29-,30+,31+,32+/m1/s1. The third kappa shape index (κ3) is 2.01. The minimum Gasteiger partial charge on any atom is -0.0845 e. The fraction of sp³-hybridized carbons (Fsp3) is 0.375. The molecule has 32 heavy (non-hydrogen) atoms. The van der Waals surface area contributed by atoms with Crippen LogP contribution in [0.4, 0.5) is 0 Å².